The van der Waals surface area contributed by atoms with E-state index in [-0.39, 0.29) is 0 Å². The molecule has 0 aromatic carbocycles. The Bertz CT molecular complexity index is 1790. The van der Waals surface area contributed by atoms with Crippen LogP contribution < -0.4 is 10.6 Å². The Morgan fingerprint density at radius 2 is 0.934 bits per heavy atom. The third-order valence-corrected chi connectivity index (χ3v) is 10.3. The molecule has 0 saturated carbocycles. The van der Waals surface area contributed by atoms with Crippen molar-refractivity contribution in [2.24, 2.45) is 0 Å². The van der Waals surface area contributed by atoms with Gasteiger partial charge in [0.2, 0.25) is 11.8 Å². The molecule has 2 amide bonds. The van der Waals surface area contributed by atoms with Crippen molar-refractivity contribution in [1.29, 1.82) is 0 Å². The highest BCUT2D eigenvalue weighted by Crippen LogP contribution is 2.36. The van der Waals surface area contributed by atoms with E-state index in [0.717, 1.165) is 13.8 Å². The van der Waals surface area contributed by atoms with Gasteiger partial charge in [-0.1, -0.05) is 0 Å². The van der Waals surface area contributed by atoms with Gasteiger partial charge in [-0.3, -0.25) is 18.7 Å². The van der Waals surface area contributed by atoms with Crippen LogP contribution in [0.2, 0.25) is 0 Å². The van der Waals surface area contributed by atoms with Crippen LogP contribution in [0.4, 0.5) is 0 Å². The number of ether oxygens (including phenoxy) is 7. The molecule has 4 rings (SSSR count). The van der Waals surface area contributed by atoms with Gasteiger partial charge in [0, 0.05) is 13.8 Å². The zero-order valence-electron chi connectivity index (χ0n) is 31.1. The fourth-order valence-corrected chi connectivity index (χ4v) is 7.80. The van der Waals surface area contributed by atoms with Crippen LogP contribution in [0.1, 0.15) is 13.8 Å². The van der Waals surface area contributed by atoms with Gasteiger partial charge in [-0.2, -0.15) is 16.8 Å². The Morgan fingerprint density at radius 1 is 0.525 bits per heavy atom. The fraction of sp³-hybridized carbons (Fsp3) is 0.857. The van der Waals surface area contributed by atoms with Gasteiger partial charge in [0.05, 0.1) is 13.2 Å². The number of carboxylic acid groups (broad SMARTS) is 2. The second kappa shape index (κ2) is 20.2. The molecule has 0 aromatic heterocycles. The third kappa shape index (κ3) is 12.2. The summed E-state index contributed by atoms with van der Waals surface area (Å²) in [6, 6.07) is -4.07. The number of amides is 2. The van der Waals surface area contributed by atoms with Crippen LogP contribution in [-0.4, -0.2) is 237 Å². The van der Waals surface area contributed by atoms with Crippen molar-refractivity contribution in [1.82, 2.24) is 10.6 Å². The first-order valence-corrected chi connectivity index (χ1v) is 20.1. The quantitative estimate of drug-likeness (QED) is 0.0639. The molecule has 14 N–H and O–H groups in total. The highest BCUT2D eigenvalue weighted by atomic mass is 32.3. The molecule has 31 nitrogen and oxygen atoms in total. The Hall–Kier alpha value is -2.98. The molecular weight excluding hydrogens is 892 g/mol. The van der Waals surface area contributed by atoms with E-state index in [1.165, 1.54) is 0 Å². The van der Waals surface area contributed by atoms with Crippen molar-refractivity contribution in [2.45, 2.75) is 137 Å². The third-order valence-electron chi connectivity index (χ3n) is 9.35. The minimum atomic E-state index is -5.62. The number of aliphatic hydroxyl groups is 8. The van der Waals surface area contributed by atoms with E-state index in [1.807, 2.05) is 0 Å². The lowest BCUT2D eigenvalue weighted by Gasteiger charge is -2.50. The van der Waals surface area contributed by atoms with Crippen molar-refractivity contribution >= 4 is 44.6 Å². The minimum Gasteiger partial charge on any atom is -0.479 e. The number of carboxylic acids is 2. The number of hydrogen-bond acceptors (Lipinski definition) is 25. The van der Waals surface area contributed by atoms with Crippen LogP contribution in [-0.2, 0) is 81.5 Å². The molecule has 4 heterocycles. The van der Waals surface area contributed by atoms with Gasteiger partial charge in [-0.05, 0) is 0 Å². The lowest BCUT2D eigenvalue weighted by molar-refractivity contribution is -0.366. The summed E-state index contributed by atoms with van der Waals surface area (Å²) in [5, 5.41) is 108. The Labute approximate surface area is 342 Å². The summed E-state index contributed by atoms with van der Waals surface area (Å²) in [4.78, 5) is 49.1. The molecule has 4 aliphatic rings. The fourth-order valence-electron chi connectivity index (χ4n) is 6.77. The lowest BCUT2D eigenvalue weighted by atomic mass is 9.94. The van der Waals surface area contributed by atoms with Crippen molar-refractivity contribution in [2.75, 3.05) is 13.2 Å². The number of aliphatic hydroxyl groups excluding tert-OH is 8. The zero-order chi connectivity index (χ0) is 46.0. The van der Waals surface area contributed by atoms with Gasteiger partial charge in [0.25, 0.3) is 0 Å². The van der Waals surface area contributed by atoms with Crippen molar-refractivity contribution in [3.05, 3.63) is 0 Å². The summed E-state index contributed by atoms with van der Waals surface area (Å²) < 4.78 is 113. The molecule has 0 aromatic rings. The molecule has 0 bridgehead atoms. The number of hydrogen-bond donors (Lipinski definition) is 14. The SMILES string of the molecule is CC(=O)N[C@H]1[C@H](O[C@H]2[C@H](O)[C@@H](O)[C@H](O[C@@H]3[C@@H](NC(C)=O)[C@H](O[C@H]4[C@H](O)[C@@H](O)[C@H](O)O[C@@H]4C(=O)O)O[C@H](CO)[C@@H]3OS(=O)(=O)O)O[C@@H]2C(=O)O)O[C@H](CO)[C@H](OS(=O)(=O)O)[C@@H]1O. The Kier molecular flexibility index (Phi) is 16.8. The molecule has 4 saturated heterocycles. The Balaban J connectivity index is 1.72. The predicted molar refractivity (Wildman–Crippen MR) is 179 cm³/mol. The van der Waals surface area contributed by atoms with E-state index in [2.05, 4.69) is 19.0 Å². The monoisotopic (exact) mass is 936 g/mol. The summed E-state index contributed by atoms with van der Waals surface area (Å²) in [7, 11) is -11.0. The van der Waals surface area contributed by atoms with Crippen LogP contribution in [0.5, 0.6) is 0 Å². The number of rotatable bonds is 16. The molecule has 0 unspecified atom stereocenters. The molecule has 0 radical (unpaired) electrons. The van der Waals surface area contributed by atoms with Crippen molar-refractivity contribution in [3.8, 4) is 0 Å². The molecule has 61 heavy (non-hydrogen) atoms. The smallest absolute Gasteiger partial charge is 0.397 e. The van der Waals surface area contributed by atoms with E-state index >= 15 is 0 Å². The van der Waals surface area contributed by atoms with Gasteiger partial charge in [-0.15, -0.1) is 0 Å². The average molecular weight is 937 g/mol. The molecule has 352 valence electrons. The van der Waals surface area contributed by atoms with Gasteiger partial charge in [0.15, 0.2) is 37.4 Å². The normalized spacial score (nSPS) is 42.3. The summed E-state index contributed by atoms with van der Waals surface area (Å²) >= 11 is 0. The van der Waals surface area contributed by atoms with Gasteiger partial charge >= 0.3 is 32.7 Å². The topological polar surface area (TPSA) is 486 Å². The molecule has 0 spiro atoms. The van der Waals surface area contributed by atoms with Crippen LogP contribution in [0, 0.1) is 0 Å². The molecule has 4 fully saturated rings. The Morgan fingerprint density at radius 3 is 1.39 bits per heavy atom. The number of aliphatic carboxylic acids is 2. The minimum absolute atomic E-state index is 0.832. The van der Waals surface area contributed by atoms with Crippen LogP contribution >= 0.6 is 0 Å². The molecule has 0 aliphatic carbocycles. The molecule has 4 aliphatic heterocycles. The molecule has 33 heteroatoms. The van der Waals surface area contributed by atoms with E-state index in [1.54, 1.807) is 0 Å². The van der Waals surface area contributed by atoms with E-state index < -0.39 is 180 Å². The van der Waals surface area contributed by atoms with E-state index in [4.69, 9.17) is 33.2 Å². The van der Waals surface area contributed by atoms with Gasteiger partial charge < -0.3 is 94.9 Å². The van der Waals surface area contributed by atoms with Crippen LogP contribution in [0.25, 0.3) is 0 Å². The first-order chi connectivity index (χ1) is 28.2. The average Bonchev–Trinajstić information content (AvgIpc) is 3.13. The van der Waals surface area contributed by atoms with Crippen LogP contribution in [0.3, 0.4) is 0 Å². The van der Waals surface area contributed by atoms with E-state index in [9.17, 15) is 96.2 Å². The summed E-state index contributed by atoms with van der Waals surface area (Å²) in [6.45, 7) is -0.779. The largest absolute Gasteiger partial charge is 0.479 e. The lowest BCUT2D eigenvalue weighted by Crippen LogP contribution is -2.71. The van der Waals surface area contributed by atoms with E-state index in [0.29, 0.717) is 0 Å². The maximum Gasteiger partial charge on any atom is 0.397 e. The van der Waals surface area contributed by atoms with Gasteiger partial charge in [-0.25, -0.2) is 18.0 Å². The zero-order valence-corrected chi connectivity index (χ0v) is 32.7. The highest BCUT2D eigenvalue weighted by molar-refractivity contribution is 7.81. The summed E-state index contributed by atoms with van der Waals surface area (Å²) in [5.41, 5.74) is 0. The highest BCUT2D eigenvalue weighted by Gasteiger charge is 2.59. The molecule has 20 atom stereocenters. The number of carbonyl (C=O) groups excluding carboxylic acids is 2. The summed E-state index contributed by atoms with van der Waals surface area (Å²) in [6.07, 6.45) is -41.5. The first kappa shape index (κ1) is 50.7. The second-order valence-electron chi connectivity index (χ2n) is 13.7. The maximum absolute atomic E-state index is 12.6. The van der Waals surface area contributed by atoms with Crippen molar-refractivity contribution in [3.63, 3.8) is 0 Å². The van der Waals surface area contributed by atoms with Crippen LogP contribution in [0.15, 0.2) is 0 Å². The summed E-state index contributed by atoms with van der Waals surface area (Å²) in [5.74, 6) is -5.98. The second-order valence-corrected chi connectivity index (χ2v) is 15.8. The van der Waals surface area contributed by atoms with Crippen molar-refractivity contribution < 1.29 is 138 Å². The predicted octanol–water partition coefficient (Wildman–Crippen LogP) is -9.62. The standard InChI is InChI=1S/C28H44N2O29S2/c1-5(33)29-9-11(35)16(58-60(45,46)47)7(3-31)51-26(9)55-20-13(37)15(39)28(57-22(20)24(42)43)54-18-10(30-6(2)34)27(52-8(4-32)17(18)59-61(48,49)50)56-19-12(36)14(38)25(44)53-21(19)23(40)41/h7-22,25-28,31-32,35-39,44H,3-4H2,1-2H3,(H,29,33)(H,30,34)(H,40,41)(H,42,43)(H,45,46,47)(H,48,49,50)/t7-,8-,9-,10-,11-,12-,13-,14-,15-,16+,17+,18-,19+,20+,21+,22+,25-,26+,27+,28-/m1/s1. The molecular formula is C28H44N2O29S2. The van der Waals surface area contributed by atoms with Gasteiger partial charge in [0.1, 0.15) is 85.3 Å². The number of carbonyl (C=O) groups is 4. The number of nitrogens with one attached hydrogen (secondary N) is 2. The maximum atomic E-state index is 12.6. The first-order valence-electron chi connectivity index (χ1n) is 17.4.